The monoisotopic (exact) mass is 928 g/mol. The van der Waals surface area contributed by atoms with Crippen LogP contribution in [-0.4, -0.2) is 18.0 Å². The SMILES string of the molecule is C[Si](C)(C)c1ccc(-c2[c-]cc(F)cc2)nc1.[2H]C([2H])([2H])c1cnc(-c2[c-]ccc3c2oc2cc4c(cc23)C(C)(C)C(C)(C)c2ccccc2-4)cc1C([2H])([2H])C(C)(C)C.[Ir]. The smallest absolute Gasteiger partial charge is 0.121 e. The molecule has 0 N–H and O–H groups in total. The molecular weight excluding hydrogens is 872 g/mol. The van der Waals surface area contributed by atoms with Gasteiger partial charge in [-0.05, 0) is 86.0 Å². The Morgan fingerprint density at radius 3 is 2.20 bits per heavy atom. The Morgan fingerprint density at radius 2 is 1.55 bits per heavy atom. The molecule has 4 aromatic carbocycles. The second-order valence-electron chi connectivity index (χ2n) is 17.5. The van der Waals surface area contributed by atoms with Crippen molar-refractivity contribution in [2.24, 2.45) is 5.41 Å². The number of halogens is 1. The zero-order valence-electron chi connectivity index (χ0n) is 38.3. The molecule has 7 aromatic rings. The van der Waals surface area contributed by atoms with E-state index in [-0.39, 0.29) is 47.9 Å². The fourth-order valence-corrected chi connectivity index (χ4v) is 8.35. The Hall–Kier alpha value is -4.22. The van der Waals surface area contributed by atoms with Crippen LogP contribution < -0.4 is 5.19 Å². The molecule has 1 aliphatic rings. The first kappa shape index (κ1) is 34.1. The molecule has 8 rings (SSSR count). The maximum atomic E-state index is 12.8. The largest absolute Gasteiger partial charge is 0.501 e. The van der Waals surface area contributed by atoms with Crippen LogP contribution in [0.1, 0.15) is 77.6 Å². The Bertz CT molecular complexity index is 2710. The normalized spacial score (nSPS) is 16.2. The second kappa shape index (κ2) is 14.7. The van der Waals surface area contributed by atoms with Gasteiger partial charge in [-0.3, -0.25) is 4.39 Å². The van der Waals surface area contributed by atoms with E-state index in [1.54, 1.807) is 32.9 Å². The molecule has 285 valence electrons. The summed E-state index contributed by atoms with van der Waals surface area (Å²) in [6, 6.07) is 33.1. The van der Waals surface area contributed by atoms with Gasteiger partial charge in [0.25, 0.3) is 0 Å². The number of aromatic nitrogens is 2. The summed E-state index contributed by atoms with van der Waals surface area (Å²) in [7, 11) is -1.30. The minimum absolute atomic E-state index is 0. The molecule has 55 heavy (non-hydrogen) atoms. The molecule has 0 spiro atoms. The number of pyridine rings is 2. The molecule has 1 radical (unpaired) electrons. The standard InChI is InChI=1S/C35H36NO.C14H15FNSi.Ir/c1-21-20-36-30(16-22(21)19-33(2,3)4)25-14-11-13-24-27-17-29-26(18-31(27)37-32(24)25)23-12-9-10-15-28(23)34(5,6)35(29,7)8;1-17(2,3)13-8-9-14(16-10-13)11-4-6-12(15)7-5-11;/h9-13,15-18,20H,19H2,1-8H3;4,6-10H,1-3H3;/q2*-1;/i1D3,19D2;;. The van der Waals surface area contributed by atoms with Crippen molar-refractivity contribution in [3.63, 3.8) is 0 Å². The quantitative estimate of drug-likeness (QED) is 0.130. The van der Waals surface area contributed by atoms with Crippen LogP contribution in [0.3, 0.4) is 0 Å². The van der Waals surface area contributed by atoms with Crippen molar-refractivity contribution < 1.29 is 35.8 Å². The Labute approximate surface area is 348 Å². The summed E-state index contributed by atoms with van der Waals surface area (Å²) < 4.78 is 61.4. The third-order valence-corrected chi connectivity index (χ3v) is 13.1. The van der Waals surface area contributed by atoms with Gasteiger partial charge in [-0.15, -0.1) is 48.0 Å². The van der Waals surface area contributed by atoms with Crippen LogP contribution in [0, 0.1) is 30.2 Å². The summed E-state index contributed by atoms with van der Waals surface area (Å²) in [6.45, 7) is 18.9. The Kier molecular flexibility index (Phi) is 9.10. The molecule has 1 aliphatic carbocycles. The summed E-state index contributed by atoms with van der Waals surface area (Å²) in [5.74, 6) is -0.271. The van der Waals surface area contributed by atoms with Gasteiger partial charge in [0.1, 0.15) is 5.58 Å². The van der Waals surface area contributed by atoms with Crippen molar-refractivity contribution in [2.45, 2.75) is 92.2 Å². The van der Waals surface area contributed by atoms with E-state index < -0.39 is 26.7 Å². The summed E-state index contributed by atoms with van der Waals surface area (Å²) in [4.78, 5) is 8.95. The van der Waals surface area contributed by atoms with E-state index in [1.807, 2.05) is 24.4 Å². The van der Waals surface area contributed by atoms with Crippen molar-refractivity contribution in [1.82, 2.24) is 9.97 Å². The molecule has 0 unspecified atom stereocenters. The number of hydrogen-bond acceptors (Lipinski definition) is 3. The number of aryl methyl sites for hydroxylation is 1. The van der Waals surface area contributed by atoms with E-state index in [0.29, 0.717) is 16.8 Å². The zero-order chi connectivity index (χ0) is 43.1. The van der Waals surface area contributed by atoms with Gasteiger partial charge in [0.15, 0.2) is 0 Å². The van der Waals surface area contributed by atoms with Gasteiger partial charge in [-0.2, -0.15) is 0 Å². The number of fused-ring (bicyclic) bond motifs is 6. The Morgan fingerprint density at radius 1 is 0.818 bits per heavy atom. The molecule has 0 atom stereocenters. The average molecular weight is 928 g/mol. The number of nitrogens with zero attached hydrogens (tertiary/aromatic N) is 2. The van der Waals surface area contributed by atoms with Crippen molar-refractivity contribution >= 4 is 35.2 Å². The second-order valence-corrected chi connectivity index (χ2v) is 22.6. The molecule has 3 heterocycles. The summed E-state index contributed by atoms with van der Waals surface area (Å²) in [5, 5.41) is 3.23. The van der Waals surface area contributed by atoms with Gasteiger partial charge in [0, 0.05) is 50.6 Å². The van der Waals surface area contributed by atoms with E-state index in [9.17, 15) is 4.39 Å². The van der Waals surface area contributed by atoms with Gasteiger partial charge in [-0.1, -0.05) is 127 Å². The molecule has 0 bridgehead atoms. The molecule has 0 saturated heterocycles. The first-order valence-electron chi connectivity index (χ1n) is 21.0. The number of furan rings is 1. The van der Waals surface area contributed by atoms with E-state index >= 15 is 0 Å². The van der Waals surface area contributed by atoms with E-state index in [1.165, 1.54) is 40.2 Å². The van der Waals surface area contributed by atoms with Gasteiger partial charge in [0.05, 0.1) is 13.7 Å². The van der Waals surface area contributed by atoms with Crippen LogP contribution in [0.2, 0.25) is 19.6 Å². The van der Waals surface area contributed by atoms with E-state index in [2.05, 4.69) is 112 Å². The molecule has 0 fully saturated rings. The van der Waals surface area contributed by atoms with Crippen LogP contribution >= 0.6 is 0 Å². The maximum Gasteiger partial charge on any atom is 0.121 e. The number of hydrogen-bond donors (Lipinski definition) is 0. The predicted octanol–water partition coefficient (Wildman–Crippen LogP) is 12.8. The third kappa shape index (κ3) is 7.66. The number of benzene rings is 4. The summed E-state index contributed by atoms with van der Waals surface area (Å²) >= 11 is 0. The molecule has 0 amide bonds. The van der Waals surface area contributed by atoms with Crippen molar-refractivity contribution in [3.05, 3.63) is 138 Å². The summed E-state index contributed by atoms with van der Waals surface area (Å²) in [6.07, 6.45) is 1.29. The fourth-order valence-electron chi connectivity index (χ4n) is 7.32. The van der Waals surface area contributed by atoms with E-state index in [4.69, 9.17) is 11.3 Å². The minimum atomic E-state index is -2.51. The molecule has 3 aromatic heterocycles. The van der Waals surface area contributed by atoms with Gasteiger partial charge >= 0.3 is 0 Å². The van der Waals surface area contributed by atoms with Crippen LogP contribution in [-0.2, 0) is 37.3 Å². The summed E-state index contributed by atoms with van der Waals surface area (Å²) in [5.41, 5.74) is 7.87. The van der Waals surface area contributed by atoms with Crippen molar-refractivity contribution in [3.8, 4) is 33.6 Å². The molecule has 3 nitrogen and oxygen atoms in total. The van der Waals surface area contributed by atoms with Gasteiger partial charge < -0.3 is 14.4 Å². The van der Waals surface area contributed by atoms with Crippen LogP contribution in [0.5, 0.6) is 0 Å². The van der Waals surface area contributed by atoms with Crippen LogP contribution in [0.25, 0.3) is 55.6 Å². The number of rotatable bonds is 4. The molecular formula is C49H51FIrN2OSi-2. The Balaban J connectivity index is 0.000000281. The van der Waals surface area contributed by atoms with Gasteiger partial charge in [-0.25, -0.2) is 0 Å². The predicted molar refractivity (Wildman–Crippen MR) is 227 cm³/mol. The van der Waals surface area contributed by atoms with E-state index in [0.717, 1.165) is 33.2 Å². The van der Waals surface area contributed by atoms with Gasteiger partial charge in [0.2, 0.25) is 0 Å². The maximum absolute atomic E-state index is 12.8. The third-order valence-electron chi connectivity index (χ3n) is 11.0. The van der Waals surface area contributed by atoms with Crippen LogP contribution in [0.4, 0.5) is 4.39 Å². The first-order chi connectivity index (χ1) is 27.3. The fraction of sp³-hybridized carbons (Fsp3) is 0.306. The first-order valence-corrected chi connectivity index (χ1v) is 22.0. The molecule has 6 heteroatoms. The minimum Gasteiger partial charge on any atom is -0.501 e. The van der Waals surface area contributed by atoms with Crippen LogP contribution in [0.15, 0.2) is 102 Å². The zero-order valence-corrected chi connectivity index (χ0v) is 36.6. The average Bonchev–Trinajstić information content (AvgIpc) is 3.54. The molecule has 0 aliphatic heterocycles. The van der Waals surface area contributed by atoms with Crippen molar-refractivity contribution in [1.29, 1.82) is 0 Å². The topological polar surface area (TPSA) is 38.9 Å². The van der Waals surface area contributed by atoms with Crippen molar-refractivity contribution in [2.75, 3.05) is 0 Å². The molecule has 0 saturated carbocycles.